The van der Waals surface area contributed by atoms with Gasteiger partial charge in [-0.1, -0.05) is 0 Å². The molecule has 0 spiro atoms. The number of hydrogen-bond acceptors (Lipinski definition) is 5. The largest absolute Gasteiger partial charge is 0.462 e. The minimum Gasteiger partial charge on any atom is -0.462 e. The number of thiazole rings is 1. The maximum absolute atomic E-state index is 12.9. The van der Waals surface area contributed by atoms with Crippen molar-refractivity contribution in [2.24, 2.45) is 5.92 Å². The fourth-order valence-corrected chi connectivity index (χ4v) is 3.16. The highest BCUT2D eigenvalue weighted by Crippen LogP contribution is 2.32. The summed E-state index contributed by atoms with van der Waals surface area (Å²) >= 11 is 1.41. The van der Waals surface area contributed by atoms with E-state index in [0.717, 1.165) is 17.2 Å². The molecule has 3 aromatic heterocycles. The van der Waals surface area contributed by atoms with Gasteiger partial charge in [0.05, 0.1) is 18.1 Å². The van der Waals surface area contributed by atoms with E-state index in [9.17, 15) is 4.79 Å². The van der Waals surface area contributed by atoms with Gasteiger partial charge in [0.15, 0.2) is 10.8 Å². The predicted molar refractivity (Wildman–Crippen MR) is 88.5 cm³/mol. The summed E-state index contributed by atoms with van der Waals surface area (Å²) in [4.78, 5) is 23.3. The molecule has 0 atom stereocenters. The van der Waals surface area contributed by atoms with Crippen LogP contribution in [0.5, 0.6) is 0 Å². The Hall–Kier alpha value is -2.47. The molecule has 4 rings (SSSR count). The molecule has 1 fully saturated rings. The van der Waals surface area contributed by atoms with Crippen molar-refractivity contribution in [3.8, 4) is 10.8 Å². The molecule has 0 bridgehead atoms. The third-order valence-electron chi connectivity index (χ3n) is 3.80. The van der Waals surface area contributed by atoms with Crippen LogP contribution in [0.1, 0.15) is 23.3 Å². The summed E-state index contributed by atoms with van der Waals surface area (Å²) in [5.74, 6) is 1.19. The van der Waals surface area contributed by atoms with Gasteiger partial charge in [-0.2, -0.15) is 0 Å². The normalized spacial score (nSPS) is 13.9. The predicted octanol–water partition coefficient (Wildman–Crippen LogP) is 3.85. The summed E-state index contributed by atoms with van der Waals surface area (Å²) < 4.78 is 5.35. The zero-order valence-corrected chi connectivity index (χ0v) is 13.2. The van der Waals surface area contributed by atoms with E-state index >= 15 is 0 Å². The van der Waals surface area contributed by atoms with Gasteiger partial charge >= 0.3 is 0 Å². The third kappa shape index (κ3) is 3.03. The number of carbonyl (C=O) groups is 1. The van der Waals surface area contributed by atoms with Crippen LogP contribution in [0.25, 0.3) is 10.8 Å². The first kappa shape index (κ1) is 14.1. The first-order chi connectivity index (χ1) is 11.3. The number of carbonyl (C=O) groups excluding carboxylic acids is 1. The Morgan fingerprint density at radius 2 is 2.26 bits per heavy atom. The van der Waals surface area contributed by atoms with Gasteiger partial charge in [0, 0.05) is 18.1 Å². The molecule has 0 radical (unpaired) electrons. The first-order valence-corrected chi connectivity index (χ1v) is 8.40. The maximum atomic E-state index is 12.9. The molecule has 0 unspecified atom stereocenters. The van der Waals surface area contributed by atoms with Crippen molar-refractivity contribution in [3.63, 3.8) is 0 Å². The molecule has 6 heteroatoms. The van der Waals surface area contributed by atoms with Gasteiger partial charge < -0.3 is 9.32 Å². The van der Waals surface area contributed by atoms with Crippen LogP contribution in [-0.4, -0.2) is 22.4 Å². The van der Waals surface area contributed by atoms with Crippen LogP contribution in [0.3, 0.4) is 0 Å². The molecular formula is C17H15N3O2S. The van der Waals surface area contributed by atoms with Crippen molar-refractivity contribution < 1.29 is 9.21 Å². The lowest BCUT2D eigenvalue weighted by atomic mass is 10.2. The Balaban J connectivity index is 1.62. The number of aromatic nitrogens is 2. The Morgan fingerprint density at radius 1 is 1.35 bits per heavy atom. The molecule has 1 aliphatic rings. The molecule has 0 aliphatic heterocycles. The van der Waals surface area contributed by atoms with Crippen molar-refractivity contribution in [2.75, 3.05) is 11.4 Å². The number of pyridine rings is 1. The van der Waals surface area contributed by atoms with Crippen LogP contribution in [0.4, 0.5) is 5.69 Å². The molecule has 1 saturated carbocycles. The minimum absolute atomic E-state index is 0.0843. The number of furan rings is 1. The number of rotatable bonds is 5. The van der Waals surface area contributed by atoms with Gasteiger partial charge in [-0.05, 0) is 43.0 Å². The SMILES string of the molecule is O=C(c1csc(-c2ccco2)n1)N(CC1CC1)c1cccnc1. The zero-order valence-electron chi connectivity index (χ0n) is 12.4. The van der Waals surface area contributed by atoms with E-state index < -0.39 is 0 Å². The Labute approximate surface area is 137 Å². The van der Waals surface area contributed by atoms with Gasteiger partial charge in [0.2, 0.25) is 0 Å². The van der Waals surface area contributed by atoms with Crippen molar-refractivity contribution >= 4 is 22.9 Å². The molecule has 3 heterocycles. The lowest BCUT2D eigenvalue weighted by Gasteiger charge is -2.21. The van der Waals surface area contributed by atoms with Crippen molar-refractivity contribution in [1.29, 1.82) is 0 Å². The summed E-state index contributed by atoms with van der Waals surface area (Å²) in [6.45, 7) is 0.720. The molecule has 116 valence electrons. The number of hydrogen-bond donors (Lipinski definition) is 0. The molecule has 23 heavy (non-hydrogen) atoms. The maximum Gasteiger partial charge on any atom is 0.277 e. The van der Waals surface area contributed by atoms with E-state index in [1.807, 2.05) is 24.3 Å². The summed E-state index contributed by atoms with van der Waals surface area (Å²) in [6, 6.07) is 7.41. The van der Waals surface area contributed by atoms with Crippen molar-refractivity contribution in [1.82, 2.24) is 9.97 Å². The van der Waals surface area contributed by atoms with Crippen LogP contribution in [0, 0.1) is 5.92 Å². The third-order valence-corrected chi connectivity index (χ3v) is 4.65. The summed E-state index contributed by atoms with van der Waals surface area (Å²) in [7, 11) is 0. The quantitative estimate of drug-likeness (QED) is 0.715. The van der Waals surface area contributed by atoms with Gasteiger partial charge in [0.1, 0.15) is 5.69 Å². The number of nitrogens with zero attached hydrogens (tertiary/aromatic N) is 3. The van der Waals surface area contributed by atoms with Crippen molar-refractivity contribution in [2.45, 2.75) is 12.8 Å². The lowest BCUT2D eigenvalue weighted by molar-refractivity contribution is 0.0981. The smallest absolute Gasteiger partial charge is 0.277 e. The first-order valence-electron chi connectivity index (χ1n) is 7.52. The monoisotopic (exact) mass is 325 g/mol. The van der Waals surface area contributed by atoms with Crippen LogP contribution >= 0.6 is 11.3 Å². The van der Waals surface area contributed by atoms with Crippen LogP contribution in [0.15, 0.2) is 52.7 Å². The highest BCUT2D eigenvalue weighted by molar-refractivity contribution is 7.13. The number of amides is 1. The molecule has 1 amide bonds. The highest BCUT2D eigenvalue weighted by atomic mass is 32.1. The summed E-state index contributed by atoms with van der Waals surface area (Å²) in [6.07, 6.45) is 7.39. The molecule has 1 aliphatic carbocycles. The minimum atomic E-state index is -0.0843. The topological polar surface area (TPSA) is 59.2 Å². The highest BCUT2D eigenvalue weighted by Gasteiger charge is 2.29. The van der Waals surface area contributed by atoms with Crippen LogP contribution < -0.4 is 4.90 Å². The molecule has 0 aromatic carbocycles. The molecule has 3 aromatic rings. The lowest BCUT2D eigenvalue weighted by Crippen LogP contribution is -2.33. The van der Waals surface area contributed by atoms with E-state index in [1.165, 1.54) is 24.2 Å². The molecule has 0 N–H and O–H groups in total. The Morgan fingerprint density at radius 3 is 2.96 bits per heavy atom. The van der Waals surface area contributed by atoms with E-state index in [2.05, 4.69) is 9.97 Å². The van der Waals surface area contributed by atoms with Gasteiger partial charge in [-0.3, -0.25) is 9.78 Å². The van der Waals surface area contributed by atoms with Gasteiger partial charge in [0.25, 0.3) is 5.91 Å². The molecular weight excluding hydrogens is 310 g/mol. The molecule has 5 nitrogen and oxygen atoms in total. The van der Waals surface area contributed by atoms with E-state index in [-0.39, 0.29) is 5.91 Å². The molecule has 0 saturated heterocycles. The number of anilines is 1. The van der Waals surface area contributed by atoms with E-state index in [1.54, 1.807) is 28.9 Å². The second-order valence-electron chi connectivity index (χ2n) is 5.59. The zero-order chi connectivity index (χ0) is 15.6. The Bertz CT molecular complexity index is 794. The van der Waals surface area contributed by atoms with Crippen LogP contribution in [-0.2, 0) is 0 Å². The van der Waals surface area contributed by atoms with Crippen molar-refractivity contribution in [3.05, 3.63) is 54.0 Å². The van der Waals surface area contributed by atoms with Gasteiger partial charge in [-0.25, -0.2) is 4.98 Å². The summed E-state index contributed by atoms with van der Waals surface area (Å²) in [5.41, 5.74) is 1.27. The summed E-state index contributed by atoms with van der Waals surface area (Å²) in [5, 5.41) is 2.51. The average Bonchev–Trinajstić information content (AvgIpc) is 3.06. The fraction of sp³-hybridized carbons (Fsp3) is 0.235. The second-order valence-corrected chi connectivity index (χ2v) is 6.44. The van der Waals surface area contributed by atoms with Gasteiger partial charge in [-0.15, -0.1) is 11.3 Å². The van der Waals surface area contributed by atoms with Crippen LogP contribution in [0.2, 0.25) is 0 Å². The standard InChI is InChI=1S/C17H15N3O2S/c21-17(14-11-23-16(19-14)15-4-2-8-22-15)20(10-12-5-6-12)13-3-1-7-18-9-13/h1-4,7-9,11-12H,5-6,10H2. The van der Waals surface area contributed by atoms with E-state index in [4.69, 9.17) is 4.42 Å². The Kier molecular flexibility index (Phi) is 3.67. The fourth-order valence-electron chi connectivity index (χ4n) is 2.40. The average molecular weight is 325 g/mol. The second kappa shape index (κ2) is 5.96. The van der Waals surface area contributed by atoms with E-state index in [0.29, 0.717) is 17.4 Å².